The van der Waals surface area contributed by atoms with E-state index in [-0.39, 0.29) is 18.2 Å². The summed E-state index contributed by atoms with van der Waals surface area (Å²) in [6, 6.07) is 14.5. The molecule has 0 aliphatic carbocycles. The minimum atomic E-state index is -0.693. The predicted molar refractivity (Wildman–Crippen MR) is 107 cm³/mol. The van der Waals surface area contributed by atoms with Crippen molar-refractivity contribution in [2.45, 2.75) is 26.3 Å². The van der Waals surface area contributed by atoms with E-state index in [9.17, 15) is 9.59 Å². The van der Waals surface area contributed by atoms with Crippen LogP contribution in [0.4, 0.5) is 0 Å². The number of nitrogens with one attached hydrogen (secondary N) is 1. The average Bonchev–Trinajstić information content (AvgIpc) is 3.18. The summed E-state index contributed by atoms with van der Waals surface area (Å²) < 4.78 is 5.36. The summed E-state index contributed by atoms with van der Waals surface area (Å²) in [5, 5.41) is 6.83. The van der Waals surface area contributed by atoms with E-state index in [0.717, 1.165) is 16.7 Å². The summed E-state index contributed by atoms with van der Waals surface area (Å²) in [5.74, 6) is 0.404. The van der Waals surface area contributed by atoms with Crippen LogP contribution >= 0.6 is 0 Å². The Morgan fingerprint density at radius 1 is 1.17 bits per heavy atom. The van der Waals surface area contributed by atoms with Gasteiger partial charge < -0.3 is 14.7 Å². The lowest BCUT2D eigenvalue weighted by Crippen LogP contribution is -2.58. The van der Waals surface area contributed by atoms with Crippen LogP contribution in [0.25, 0.3) is 11.4 Å². The lowest BCUT2D eigenvalue weighted by molar-refractivity contribution is -0.127. The van der Waals surface area contributed by atoms with E-state index < -0.39 is 6.04 Å². The fourth-order valence-electron chi connectivity index (χ4n) is 3.63. The van der Waals surface area contributed by atoms with Crippen molar-refractivity contribution in [3.8, 4) is 11.4 Å². The van der Waals surface area contributed by atoms with Crippen LogP contribution in [-0.2, 0) is 11.2 Å². The third-order valence-electron chi connectivity index (χ3n) is 4.93. The van der Waals surface area contributed by atoms with Crippen LogP contribution in [0.5, 0.6) is 0 Å². The molecular weight excluding hydrogens is 368 g/mol. The third-order valence-corrected chi connectivity index (χ3v) is 4.93. The van der Waals surface area contributed by atoms with Crippen molar-refractivity contribution in [3.63, 3.8) is 0 Å². The molecule has 7 nitrogen and oxygen atoms in total. The molecule has 2 aromatic carbocycles. The number of carbonyl (C=O) groups excluding carboxylic acids is 2. The van der Waals surface area contributed by atoms with Gasteiger partial charge in [0.25, 0.3) is 5.91 Å². The molecule has 1 atom stereocenters. The highest BCUT2D eigenvalue weighted by atomic mass is 16.5. The van der Waals surface area contributed by atoms with Crippen molar-refractivity contribution >= 4 is 11.8 Å². The predicted octanol–water partition coefficient (Wildman–Crippen LogP) is 2.54. The summed E-state index contributed by atoms with van der Waals surface area (Å²) in [6.07, 6.45) is 0.169. The maximum absolute atomic E-state index is 13.2. The van der Waals surface area contributed by atoms with Gasteiger partial charge in [0.1, 0.15) is 6.04 Å². The fourth-order valence-corrected chi connectivity index (χ4v) is 3.63. The first-order valence-corrected chi connectivity index (χ1v) is 9.56. The Balaban J connectivity index is 1.58. The zero-order valence-electron chi connectivity index (χ0n) is 16.4. The fraction of sp³-hybridized carbons (Fsp3) is 0.273. The lowest BCUT2D eigenvalue weighted by Gasteiger charge is -2.34. The van der Waals surface area contributed by atoms with Gasteiger partial charge in [-0.2, -0.15) is 4.98 Å². The average molecular weight is 390 g/mol. The molecule has 1 saturated heterocycles. The monoisotopic (exact) mass is 390 g/mol. The number of piperazine rings is 1. The van der Waals surface area contributed by atoms with Crippen molar-refractivity contribution < 1.29 is 14.1 Å². The lowest BCUT2D eigenvalue weighted by atomic mass is 10.0. The van der Waals surface area contributed by atoms with E-state index >= 15 is 0 Å². The molecule has 0 bridgehead atoms. The number of hydrogen-bond donors (Lipinski definition) is 1. The van der Waals surface area contributed by atoms with Crippen molar-refractivity contribution in [2.24, 2.45) is 0 Å². The van der Waals surface area contributed by atoms with Gasteiger partial charge in [0.05, 0.1) is 6.42 Å². The maximum atomic E-state index is 13.2. The van der Waals surface area contributed by atoms with E-state index in [1.807, 2.05) is 62.4 Å². The Morgan fingerprint density at radius 2 is 1.90 bits per heavy atom. The van der Waals surface area contributed by atoms with Crippen LogP contribution in [0, 0.1) is 13.8 Å². The summed E-state index contributed by atoms with van der Waals surface area (Å²) in [6.45, 7) is 4.76. The molecule has 1 fully saturated rings. The largest absolute Gasteiger partial charge is 0.353 e. The number of hydrogen-bond acceptors (Lipinski definition) is 5. The molecule has 2 amide bonds. The Bertz CT molecular complexity index is 1020. The van der Waals surface area contributed by atoms with Gasteiger partial charge >= 0.3 is 0 Å². The maximum Gasteiger partial charge on any atom is 0.254 e. The van der Waals surface area contributed by atoms with Crippen LogP contribution in [0.1, 0.15) is 27.4 Å². The van der Waals surface area contributed by atoms with Gasteiger partial charge in [-0.05, 0) is 26.0 Å². The van der Waals surface area contributed by atoms with E-state index in [1.165, 1.54) is 0 Å². The number of nitrogens with zero attached hydrogens (tertiary/aromatic N) is 3. The summed E-state index contributed by atoms with van der Waals surface area (Å²) in [4.78, 5) is 31.7. The molecule has 3 aromatic rings. The molecule has 2 heterocycles. The zero-order valence-corrected chi connectivity index (χ0v) is 16.4. The second-order valence-electron chi connectivity index (χ2n) is 7.26. The van der Waals surface area contributed by atoms with Crippen LogP contribution < -0.4 is 5.32 Å². The highest BCUT2D eigenvalue weighted by molar-refractivity contribution is 5.98. The molecule has 1 aliphatic heterocycles. The number of aromatic nitrogens is 2. The number of benzene rings is 2. The zero-order chi connectivity index (χ0) is 20.4. The normalized spacial score (nSPS) is 16.6. The van der Waals surface area contributed by atoms with E-state index in [4.69, 9.17) is 4.52 Å². The molecule has 0 radical (unpaired) electrons. The number of carbonyl (C=O) groups is 2. The highest BCUT2D eigenvalue weighted by Gasteiger charge is 2.35. The van der Waals surface area contributed by atoms with Crippen molar-refractivity contribution in [1.29, 1.82) is 0 Å². The van der Waals surface area contributed by atoms with Gasteiger partial charge in [-0.1, -0.05) is 52.7 Å². The van der Waals surface area contributed by atoms with Crippen LogP contribution in [-0.4, -0.2) is 46.0 Å². The highest BCUT2D eigenvalue weighted by Crippen LogP contribution is 2.19. The van der Waals surface area contributed by atoms with Crippen LogP contribution in [0.2, 0.25) is 0 Å². The molecule has 1 unspecified atom stereocenters. The van der Waals surface area contributed by atoms with Crippen LogP contribution in [0.15, 0.2) is 53.1 Å². The van der Waals surface area contributed by atoms with Gasteiger partial charge in [-0.15, -0.1) is 0 Å². The van der Waals surface area contributed by atoms with Crippen LogP contribution in [0.3, 0.4) is 0 Å². The Kier molecular flexibility index (Phi) is 5.12. The van der Waals surface area contributed by atoms with Gasteiger partial charge in [0.15, 0.2) is 0 Å². The summed E-state index contributed by atoms with van der Waals surface area (Å²) >= 11 is 0. The molecule has 7 heteroatoms. The number of aryl methyl sites for hydroxylation is 2. The summed E-state index contributed by atoms with van der Waals surface area (Å²) in [5.41, 5.74) is 3.43. The third kappa shape index (κ3) is 4.03. The van der Waals surface area contributed by atoms with E-state index in [1.54, 1.807) is 4.90 Å². The second kappa shape index (κ2) is 7.87. The molecule has 4 rings (SSSR count). The second-order valence-corrected chi connectivity index (χ2v) is 7.26. The topological polar surface area (TPSA) is 88.3 Å². The first kappa shape index (κ1) is 18.9. The Morgan fingerprint density at radius 3 is 2.62 bits per heavy atom. The summed E-state index contributed by atoms with van der Waals surface area (Å²) in [7, 11) is 0. The first-order valence-electron chi connectivity index (χ1n) is 9.56. The minimum Gasteiger partial charge on any atom is -0.353 e. The molecule has 148 valence electrons. The number of amides is 2. The number of rotatable bonds is 4. The van der Waals surface area contributed by atoms with Gasteiger partial charge in [-0.25, -0.2) is 0 Å². The molecule has 1 aliphatic rings. The molecule has 29 heavy (non-hydrogen) atoms. The SMILES string of the molecule is Cc1cc(C)cc(C(=O)N2CCNC(=O)C2Cc2nc(-c3ccccc3)no2)c1. The van der Waals surface area contributed by atoms with Gasteiger partial charge in [-0.3, -0.25) is 9.59 Å². The molecule has 1 N–H and O–H groups in total. The standard InChI is InChI=1S/C22H22N4O3/c1-14-10-15(2)12-17(11-14)22(28)26-9-8-23-21(27)18(26)13-19-24-20(25-29-19)16-6-4-3-5-7-16/h3-7,10-12,18H,8-9,13H2,1-2H3,(H,23,27). The molecule has 1 aromatic heterocycles. The van der Waals surface area contributed by atoms with Crippen molar-refractivity contribution in [2.75, 3.05) is 13.1 Å². The molecule has 0 spiro atoms. The van der Waals surface area contributed by atoms with Crippen molar-refractivity contribution in [3.05, 3.63) is 71.1 Å². The smallest absolute Gasteiger partial charge is 0.254 e. The Labute approximate surface area is 168 Å². The quantitative estimate of drug-likeness (QED) is 0.740. The molecular formula is C22H22N4O3. The first-order chi connectivity index (χ1) is 14.0. The molecule has 0 saturated carbocycles. The Hall–Kier alpha value is -3.48. The van der Waals surface area contributed by atoms with E-state index in [2.05, 4.69) is 15.5 Å². The van der Waals surface area contributed by atoms with Crippen molar-refractivity contribution in [1.82, 2.24) is 20.4 Å². The van der Waals surface area contributed by atoms with E-state index in [0.29, 0.717) is 30.4 Å². The van der Waals surface area contributed by atoms with Gasteiger partial charge in [0, 0.05) is 24.2 Å². The van der Waals surface area contributed by atoms with Gasteiger partial charge in [0.2, 0.25) is 17.6 Å². The minimum absolute atomic E-state index is 0.167.